The largest absolute Gasteiger partial charge is 0.355 e. The quantitative estimate of drug-likeness (QED) is 0.335. The van der Waals surface area contributed by atoms with Crippen molar-refractivity contribution >= 4 is 29.0 Å². The Balaban J connectivity index is 1.70. The molecule has 0 atom stereocenters. The van der Waals surface area contributed by atoms with Gasteiger partial charge in [-0.15, -0.1) is 11.8 Å². The Labute approximate surface area is 184 Å². The number of nitro groups is 2. The summed E-state index contributed by atoms with van der Waals surface area (Å²) in [5.74, 6) is 0.392. The molecule has 0 spiro atoms. The number of carbonyl (C=O) groups excluding carboxylic acids is 1. The van der Waals surface area contributed by atoms with Crippen LogP contribution in [0.4, 0.5) is 11.4 Å². The maximum atomic E-state index is 13.1. The van der Waals surface area contributed by atoms with Gasteiger partial charge in [-0.2, -0.15) is 0 Å². The molecule has 31 heavy (non-hydrogen) atoms. The monoisotopic (exact) mass is 443 g/mol. The summed E-state index contributed by atoms with van der Waals surface area (Å²) < 4.78 is 0. The molecule has 3 rings (SSSR count). The van der Waals surface area contributed by atoms with Crippen LogP contribution in [0.25, 0.3) is 0 Å². The lowest BCUT2D eigenvalue weighted by Gasteiger charge is -2.35. The minimum absolute atomic E-state index is 0.0137. The lowest BCUT2D eigenvalue weighted by atomic mass is 9.75. The molecule has 1 aliphatic rings. The van der Waals surface area contributed by atoms with Crippen molar-refractivity contribution in [3.8, 4) is 0 Å². The van der Waals surface area contributed by atoms with Crippen LogP contribution in [0, 0.1) is 25.6 Å². The van der Waals surface area contributed by atoms with E-state index in [0.29, 0.717) is 17.2 Å². The van der Waals surface area contributed by atoms with Crippen molar-refractivity contribution in [2.24, 2.45) is 5.41 Å². The molecule has 2 aromatic carbocycles. The van der Waals surface area contributed by atoms with E-state index in [9.17, 15) is 25.0 Å². The van der Waals surface area contributed by atoms with E-state index in [2.05, 4.69) is 5.32 Å². The van der Waals surface area contributed by atoms with Crippen LogP contribution in [-0.2, 0) is 11.2 Å². The fourth-order valence-electron chi connectivity index (χ4n) is 3.92. The van der Waals surface area contributed by atoms with Crippen LogP contribution in [0.5, 0.6) is 0 Å². The Kier molecular flexibility index (Phi) is 7.62. The Morgan fingerprint density at radius 2 is 1.71 bits per heavy atom. The van der Waals surface area contributed by atoms with E-state index < -0.39 is 15.3 Å². The molecule has 164 valence electrons. The van der Waals surface area contributed by atoms with E-state index >= 15 is 0 Å². The number of carbonyl (C=O) groups is 1. The highest BCUT2D eigenvalue weighted by Crippen LogP contribution is 2.43. The van der Waals surface area contributed by atoms with Crippen molar-refractivity contribution in [3.05, 3.63) is 74.3 Å². The molecule has 1 N–H and O–H groups in total. The Bertz CT molecular complexity index is 945. The first-order valence-electron chi connectivity index (χ1n) is 10.3. The molecule has 2 aromatic rings. The molecule has 1 saturated carbocycles. The van der Waals surface area contributed by atoms with E-state index in [1.54, 1.807) is 0 Å². The fraction of sp³-hybridized carbons (Fsp3) is 0.409. The summed E-state index contributed by atoms with van der Waals surface area (Å²) in [7, 11) is 0. The van der Waals surface area contributed by atoms with Crippen molar-refractivity contribution in [2.45, 2.75) is 43.4 Å². The zero-order valence-corrected chi connectivity index (χ0v) is 17.9. The Hall–Kier alpha value is -2.94. The van der Waals surface area contributed by atoms with Crippen LogP contribution in [0.15, 0.2) is 53.4 Å². The Morgan fingerprint density at radius 1 is 1.00 bits per heavy atom. The van der Waals surface area contributed by atoms with Gasteiger partial charge in [0, 0.05) is 18.4 Å². The lowest BCUT2D eigenvalue weighted by Crippen LogP contribution is -2.44. The topological polar surface area (TPSA) is 115 Å². The van der Waals surface area contributed by atoms with Crippen molar-refractivity contribution < 1.29 is 14.6 Å². The van der Waals surface area contributed by atoms with Crippen LogP contribution in [0.3, 0.4) is 0 Å². The van der Waals surface area contributed by atoms with Crippen LogP contribution in [-0.4, -0.2) is 28.1 Å². The minimum Gasteiger partial charge on any atom is -0.355 e. The summed E-state index contributed by atoms with van der Waals surface area (Å²) in [6, 6.07) is 13.6. The fourth-order valence-corrected chi connectivity index (χ4v) is 5.22. The first-order valence-corrected chi connectivity index (χ1v) is 11.3. The number of rotatable bonds is 9. The van der Waals surface area contributed by atoms with E-state index in [4.69, 9.17) is 0 Å². The lowest BCUT2D eigenvalue weighted by molar-refractivity contribution is -0.396. The number of nitrogens with zero attached hydrogens (tertiary/aromatic N) is 2. The third kappa shape index (κ3) is 5.81. The summed E-state index contributed by atoms with van der Waals surface area (Å²) in [5, 5.41) is 25.5. The van der Waals surface area contributed by atoms with Gasteiger partial charge in [0.15, 0.2) is 0 Å². The molecule has 1 amide bonds. The molecule has 0 aliphatic heterocycles. The van der Waals surface area contributed by atoms with Crippen molar-refractivity contribution in [1.82, 2.24) is 5.32 Å². The molecule has 0 unspecified atom stereocenters. The first kappa shape index (κ1) is 22.7. The van der Waals surface area contributed by atoms with Crippen LogP contribution in [0.1, 0.15) is 37.7 Å². The molecule has 1 fully saturated rings. The number of hydrogen-bond donors (Lipinski definition) is 1. The zero-order valence-electron chi connectivity index (χ0n) is 17.1. The number of benzene rings is 2. The highest BCUT2D eigenvalue weighted by molar-refractivity contribution is 7.99. The van der Waals surface area contributed by atoms with Crippen molar-refractivity contribution in [1.29, 1.82) is 0 Å². The van der Waals surface area contributed by atoms with Gasteiger partial charge < -0.3 is 5.32 Å². The number of nitrogens with one attached hydrogen (secondary N) is 1. The second kappa shape index (κ2) is 10.4. The minimum atomic E-state index is -0.649. The molecule has 0 aromatic heterocycles. The highest BCUT2D eigenvalue weighted by atomic mass is 32.2. The SMILES string of the molecule is O=C(NCCc1ccccc1)C1(CSc2ccc([N+](=O)[O-])cc2[N+](=O)[O-])CCCCC1. The van der Waals surface area contributed by atoms with Gasteiger partial charge in [-0.3, -0.25) is 25.0 Å². The molecule has 8 nitrogen and oxygen atoms in total. The van der Waals surface area contributed by atoms with Crippen LogP contribution >= 0.6 is 11.8 Å². The van der Waals surface area contributed by atoms with Gasteiger partial charge in [-0.25, -0.2) is 0 Å². The smallest absolute Gasteiger partial charge is 0.289 e. The molecule has 0 saturated heterocycles. The average Bonchev–Trinajstić information content (AvgIpc) is 2.78. The maximum Gasteiger partial charge on any atom is 0.289 e. The number of nitro benzene ring substituents is 2. The Morgan fingerprint density at radius 3 is 2.35 bits per heavy atom. The third-order valence-electron chi connectivity index (χ3n) is 5.69. The summed E-state index contributed by atoms with van der Waals surface area (Å²) in [6.07, 6.45) is 5.16. The highest BCUT2D eigenvalue weighted by Gasteiger charge is 2.39. The molecule has 0 radical (unpaired) electrons. The van der Waals surface area contributed by atoms with E-state index in [1.807, 2.05) is 30.3 Å². The molecular weight excluding hydrogens is 418 g/mol. The summed E-state index contributed by atoms with van der Waals surface area (Å²) in [5.41, 5.74) is -0.0528. The first-order chi connectivity index (χ1) is 14.9. The van der Waals surface area contributed by atoms with Crippen LogP contribution < -0.4 is 5.32 Å². The second-order valence-corrected chi connectivity index (χ2v) is 8.80. The second-order valence-electron chi connectivity index (χ2n) is 7.79. The van der Waals surface area contributed by atoms with Crippen molar-refractivity contribution in [2.75, 3.05) is 12.3 Å². The molecular formula is C22H25N3O5S. The van der Waals surface area contributed by atoms with E-state index in [1.165, 1.54) is 23.9 Å². The van der Waals surface area contributed by atoms with Crippen molar-refractivity contribution in [3.63, 3.8) is 0 Å². The van der Waals surface area contributed by atoms with E-state index in [-0.39, 0.29) is 17.3 Å². The average molecular weight is 444 g/mol. The van der Waals surface area contributed by atoms with Gasteiger partial charge >= 0.3 is 0 Å². The molecule has 9 heteroatoms. The number of non-ortho nitro benzene ring substituents is 1. The van der Waals surface area contributed by atoms with Gasteiger partial charge in [0.2, 0.25) is 5.91 Å². The van der Waals surface area contributed by atoms with Gasteiger partial charge in [-0.1, -0.05) is 49.6 Å². The number of thioether (sulfide) groups is 1. The predicted molar refractivity (Wildman–Crippen MR) is 119 cm³/mol. The summed E-state index contributed by atoms with van der Waals surface area (Å²) in [4.78, 5) is 34.6. The standard InChI is InChI=1S/C22H25N3O5S/c26-21(23-14-11-17-7-3-1-4-8-17)22(12-5-2-6-13-22)16-31-20-10-9-18(24(27)28)15-19(20)25(29)30/h1,3-4,7-10,15H,2,5-6,11-14,16H2,(H,23,26). The zero-order chi connectivity index (χ0) is 22.3. The number of amides is 1. The third-order valence-corrected chi connectivity index (χ3v) is 7.04. The van der Waals surface area contributed by atoms with Crippen LogP contribution in [0.2, 0.25) is 0 Å². The summed E-state index contributed by atoms with van der Waals surface area (Å²) in [6.45, 7) is 0.535. The number of hydrogen-bond acceptors (Lipinski definition) is 6. The van der Waals surface area contributed by atoms with Gasteiger partial charge in [-0.05, 0) is 30.9 Å². The van der Waals surface area contributed by atoms with Gasteiger partial charge in [0.05, 0.1) is 26.2 Å². The normalized spacial score (nSPS) is 15.2. The predicted octanol–water partition coefficient (Wildman–Crippen LogP) is 4.90. The summed E-state index contributed by atoms with van der Waals surface area (Å²) >= 11 is 1.23. The molecule has 1 aliphatic carbocycles. The molecule has 0 bridgehead atoms. The van der Waals surface area contributed by atoms with E-state index in [0.717, 1.165) is 50.2 Å². The maximum absolute atomic E-state index is 13.1. The van der Waals surface area contributed by atoms with Gasteiger partial charge in [0.1, 0.15) is 0 Å². The van der Waals surface area contributed by atoms with Gasteiger partial charge in [0.25, 0.3) is 11.4 Å². The molecule has 0 heterocycles.